The van der Waals surface area contributed by atoms with Gasteiger partial charge in [0.15, 0.2) is 0 Å². The number of rotatable bonds is 3. The third-order valence-corrected chi connectivity index (χ3v) is 2.67. The minimum Gasteiger partial charge on any atom is -0.394 e. The molecule has 0 atom stereocenters. The van der Waals surface area contributed by atoms with E-state index in [9.17, 15) is 5.11 Å². The molecule has 14 heavy (non-hydrogen) atoms. The summed E-state index contributed by atoms with van der Waals surface area (Å²) in [6, 6.07) is 1.64. The van der Waals surface area contributed by atoms with Gasteiger partial charge >= 0.3 is 0 Å². The van der Waals surface area contributed by atoms with Gasteiger partial charge in [-0.2, -0.15) is 4.98 Å². The van der Waals surface area contributed by atoms with E-state index in [-0.39, 0.29) is 12.1 Å². The molecule has 0 saturated heterocycles. The zero-order valence-electron chi connectivity index (χ0n) is 7.90. The second-order valence-electron chi connectivity index (χ2n) is 3.72. The van der Waals surface area contributed by atoms with Crippen LogP contribution in [0.4, 0.5) is 11.8 Å². The van der Waals surface area contributed by atoms with Gasteiger partial charge in [0, 0.05) is 6.20 Å². The number of aromatic nitrogens is 2. The Morgan fingerprint density at radius 2 is 2.36 bits per heavy atom. The van der Waals surface area contributed by atoms with E-state index < -0.39 is 0 Å². The molecule has 4 N–H and O–H groups in total. The van der Waals surface area contributed by atoms with Crippen molar-refractivity contribution in [2.45, 2.75) is 24.8 Å². The quantitative estimate of drug-likeness (QED) is 0.648. The first-order valence-electron chi connectivity index (χ1n) is 4.72. The average molecular weight is 194 g/mol. The lowest BCUT2D eigenvalue weighted by molar-refractivity contribution is 0.143. The molecule has 0 bridgehead atoms. The van der Waals surface area contributed by atoms with Gasteiger partial charge in [-0.15, -0.1) is 0 Å². The van der Waals surface area contributed by atoms with Crippen LogP contribution in [0.3, 0.4) is 0 Å². The molecule has 1 aromatic heterocycles. The van der Waals surface area contributed by atoms with Crippen LogP contribution >= 0.6 is 0 Å². The van der Waals surface area contributed by atoms with Crippen LogP contribution in [-0.2, 0) is 0 Å². The van der Waals surface area contributed by atoms with Crippen molar-refractivity contribution in [1.29, 1.82) is 0 Å². The van der Waals surface area contributed by atoms with Crippen LogP contribution in [0.2, 0.25) is 0 Å². The summed E-state index contributed by atoms with van der Waals surface area (Å²) in [5.74, 6) is 0.939. The zero-order chi connectivity index (χ0) is 10.0. The Balaban J connectivity index is 2.09. The van der Waals surface area contributed by atoms with Crippen LogP contribution in [0.5, 0.6) is 0 Å². The highest BCUT2D eigenvalue weighted by Crippen LogP contribution is 2.33. The lowest BCUT2D eigenvalue weighted by Crippen LogP contribution is -2.48. The van der Waals surface area contributed by atoms with E-state index in [0.717, 1.165) is 19.3 Å². The van der Waals surface area contributed by atoms with E-state index >= 15 is 0 Å². The fraction of sp³-hybridized carbons (Fsp3) is 0.556. The molecule has 1 aliphatic rings. The number of hydrogen-bond acceptors (Lipinski definition) is 5. The highest BCUT2D eigenvalue weighted by atomic mass is 16.3. The second-order valence-corrected chi connectivity index (χ2v) is 3.72. The van der Waals surface area contributed by atoms with E-state index in [2.05, 4.69) is 15.3 Å². The van der Waals surface area contributed by atoms with Crippen molar-refractivity contribution in [3.8, 4) is 0 Å². The fourth-order valence-electron chi connectivity index (χ4n) is 1.60. The van der Waals surface area contributed by atoms with Crippen LogP contribution < -0.4 is 11.1 Å². The third-order valence-electron chi connectivity index (χ3n) is 2.67. The first-order valence-corrected chi connectivity index (χ1v) is 4.72. The molecule has 1 aromatic rings. The molecule has 0 spiro atoms. The van der Waals surface area contributed by atoms with Crippen molar-refractivity contribution in [2.75, 3.05) is 17.7 Å². The van der Waals surface area contributed by atoms with Crippen LogP contribution in [-0.4, -0.2) is 27.2 Å². The van der Waals surface area contributed by atoms with Crippen LogP contribution in [0, 0.1) is 0 Å². The molecule has 1 heterocycles. The number of aliphatic hydroxyl groups excluding tert-OH is 1. The molecule has 1 aliphatic carbocycles. The number of nitrogens with two attached hydrogens (primary N) is 1. The molecule has 5 heteroatoms. The highest BCUT2D eigenvalue weighted by molar-refractivity contribution is 5.38. The van der Waals surface area contributed by atoms with Gasteiger partial charge in [-0.1, -0.05) is 0 Å². The Labute approximate surface area is 82.4 Å². The van der Waals surface area contributed by atoms with Gasteiger partial charge in [0.05, 0.1) is 12.1 Å². The number of nitrogen functional groups attached to an aromatic ring is 1. The highest BCUT2D eigenvalue weighted by Gasteiger charge is 2.36. The van der Waals surface area contributed by atoms with Crippen LogP contribution in [0.1, 0.15) is 19.3 Å². The molecule has 0 unspecified atom stereocenters. The summed E-state index contributed by atoms with van der Waals surface area (Å²) >= 11 is 0. The molecule has 0 aromatic carbocycles. The largest absolute Gasteiger partial charge is 0.394 e. The lowest BCUT2D eigenvalue weighted by atomic mass is 9.77. The summed E-state index contributed by atoms with van der Waals surface area (Å²) in [5.41, 5.74) is 5.31. The van der Waals surface area contributed by atoms with E-state index in [1.54, 1.807) is 12.3 Å². The van der Waals surface area contributed by atoms with Crippen molar-refractivity contribution < 1.29 is 5.11 Å². The monoisotopic (exact) mass is 194 g/mol. The molecule has 2 rings (SSSR count). The van der Waals surface area contributed by atoms with E-state index in [0.29, 0.717) is 11.8 Å². The SMILES string of the molecule is Nc1ccnc(NC2(CO)CCC2)n1. The number of aliphatic hydroxyl groups is 1. The number of anilines is 2. The topological polar surface area (TPSA) is 84.1 Å². The summed E-state index contributed by atoms with van der Waals surface area (Å²) in [5, 5.41) is 12.3. The Morgan fingerprint density at radius 1 is 1.57 bits per heavy atom. The molecule has 0 aliphatic heterocycles. The molecule has 5 nitrogen and oxygen atoms in total. The smallest absolute Gasteiger partial charge is 0.225 e. The summed E-state index contributed by atoms with van der Waals surface area (Å²) in [4.78, 5) is 8.07. The minimum atomic E-state index is -0.214. The molecular weight excluding hydrogens is 180 g/mol. The summed E-state index contributed by atoms with van der Waals surface area (Å²) in [6.45, 7) is 0.116. The number of hydrogen-bond donors (Lipinski definition) is 3. The molecular formula is C9H14N4O. The van der Waals surface area contributed by atoms with Gasteiger partial charge in [-0.3, -0.25) is 0 Å². The maximum absolute atomic E-state index is 9.22. The maximum atomic E-state index is 9.22. The zero-order valence-corrected chi connectivity index (χ0v) is 7.90. The first kappa shape index (κ1) is 9.21. The number of nitrogens with one attached hydrogen (secondary N) is 1. The normalized spacial score (nSPS) is 18.6. The van der Waals surface area contributed by atoms with E-state index in [4.69, 9.17) is 5.73 Å². The predicted molar refractivity (Wildman–Crippen MR) is 53.7 cm³/mol. The Morgan fingerprint density at radius 3 is 2.86 bits per heavy atom. The van der Waals surface area contributed by atoms with E-state index in [1.165, 1.54) is 0 Å². The fourth-order valence-corrected chi connectivity index (χ4v) is 1.60. The van der Waals surface area contributed by atoms with Gasteiger partial charge in [0.1, 0.15) is 5.82 Å². The van der Waals surface area contributed by atoms with Gasteiger partial charge in [-0.25, -0.2) is 4.98 Å². The van der Waals surface area contributed by atoms with Gasteiger partial charge < -0.3 is 16.2 Å². The van der Waals surface area contributed by atoms with E-state index in [1.807, 2.05) is 0 Å². The lowest BCUT2D eigenvalue weighted by Gasteiger charge is -2.40. The van der Waals surface area contributed by atoms with Crippen molar-refractivity contribution >= 4 is 11.8 Å². The van der Waals surface area contributed by atoms with Crippen molar-refractivity contribution in [3.63, 3.8) is 0 Å². The minimum absolute atomic E-state index is 0.116. The van der Waals surface area contributed by atoms with Crippen LogP contribution in [0.25, 0.3) is 0 Å². The van der Waals surface area contributed by atoms with Gasteiger partial charge in [0.2, 0.25) is 5.95 Å². The van der Waals surface area contributed by atoms with Gasteiger partial charge in [-0.05, 0) is 25.3 Å². The molecule has 1 saturated carbocycles. The Kier molecular flexibility index (Phi) is 2.25. The molecule has 0 radical (unpaired) electrons. The Bertz CT molecular complexity index is 319. The van der Waals surface area contributed by atoms with Crippen molar-refractivity contribution in [1.82, 2.24) is 9.97 Å². The maximum Gasteiger partial charge on any atom is 0.225 e. The first-order chi connectivity index (χ1) is 6.74. The van der Waals surface area contributed by atoms with Crippen molar-refractivity contribution in [3.05, 3.63) is 12.3 Å². The predicted octanol–water partition coefficient (Wildman–Crippen LogP) is 0.386. The summed E-state index contributed by atoms with van der Waals surface area (Å²) in [7, 11) is 0. The number of nitrogens with zero attached hydrogens (tertiary/aromatic N) is 2. The Hall–Kier alpha value is -1.36. The van der Waals surface area contributed by atoms with Crippen LogP contribution in [0.15, 0.2) is 12.3 Å². The molecule has 76 valence electrons. The third kappa shape index (κ3) is 1.63. The van der Waals surface area contributed by atoms with Gasteiger partial charge in [0.25, 0.3) is 0 Å². The standard InChI is InChI=1S/C9H14N4O/c10-7-2-5-11-8(12-7)13-9(6-14)3-1-4-9/h2,5,14H,1,3-4,6H2,(H3,10,11,12,13). The van der Waals surface area contributed by atoms with Crippen molar-refractivity contribution in [2.24, 2.45) is 0 Å². The average Bonchev–Trinajstić information content (AvgIpc) is 2.11. The molecule has 0 amide bonds. The summed E-state index contributed by atoms with van der Waals surface area (Å²) in [6.07, 6.45) is 4.66. The molecule has 1 fully saturated rings. The second kappa shape index (κ2) is 3.42. The summed E-state index contributed by atoms with van der Waals surface area (Å²) < 4.78 is 0.